The van der Waals surface area contributed by atoms with Crippen molar-refractivity contribution in [2.75, 3.05) is 5.73 Å². The van der Waals surface area contributed by atoms with Gasteiger partial charge in [0.2, 0.25) is 0 Å². The molecule has 0 aliphatic carbocycles. The Hall–Kier alpha value is -2.04. The lowest BCUT2D eigenvalue weighted by atomic mass is 10.0. The number of rotatable bonds is 3. The molecule has 0 saturated carbocycles. The van der Waals surface area contributed by atoms with Gasteiger partial charge in [-0.25, -0.2) is 0 Å². The molecule has 1 aromatic heterocycles. The number of fused-ring (bicyclic) bond motifs is 1. The second-order valence-electron chi connectivity index (χ2n) is 5.08. The average molecular weight is 302 g/mol. The predicted molar refractivity (Wildman–Crippen MR) is 85.2 cm³/mol. The van der Waals surface area contributed by atoms with Gasteiger partial charge in [0.15, 0.2) is 0 Å². The smallest absolute Gasteiger partial charge is 0.0866 e. The number of anilines is 1. The first-order valence-corrected chi connectivity index (χ1v) is 7.07. The van der Waals surface area contributed by atoms with E-state index >= 15 is 0 Å². The highest BCUT2D eigenvalue weighted by molar-refractivity contribution is 6.30. The lowest BCUT2D eigenvalue weighted by Gasteiger charge is -2.12. The van der Waals surface area contributed by atoms with E-state index in [-0.39, 0.29) is 0 Å². The van der Waals surface area contributed by atoms with Gasteiger partial charge in [-0.05, 0) is 18.2 Å². The quantitative estimate of drug-likeness (QED) is 0.731. The van der Waals surface area contributed by atoms with Crippen LogP contribution in [-0.2, 0) is 13.5 Å². The van der Waals surface area contributed by atoms with Crippen molar-refractivity contribution in [2.45, 2.75) is 12.5 Å². The molecule has 0 aliphatic heterocycles. The van der Waals surface area contributed by atoms with E-state index < -0.39 is 6.10 Å². The zero-order valence-corrected chi connectivity index (χ0v) is 12.4. The summed E-state index contributed by atoms with van der Waals surface area (Å²) in [6.45, 7) is 0. The van der Waals surface area contributed by atoms with Gasteiger partial charge in [-0.2, -0.15) is 5.10 Å². The van der Waals surface area contributed by atoms with Crippen molar-refractivity contribution in [3.8, 4) is 0 Å². The summed E-state index contributed by atoms with van der Waals surface area (Å²) >= 11 is 5.89. The number of hydrogen-bond acceptors (Lipinski definition) is 3. The number of hydrogen-bond donors (Lipinski definition) is 2. The Labute approximate surface area is 127 Å². The van der Waals surface area contributed by atoms with E-state index in [1.165, 1.54) is 0 Å². The molecule has 3 aromatic rings. The number of nitrogens with zero attached hydrogens (tertiary/aromatic N) is 2. The van der Waals surface area contributed by atoms with Crippen molar-refractivity contribution >= 4 is 28.2 Å². The topological polar surface area (TPSA) is 64.1 Å². The molecule has 0 aliphatic rings. The Morgan fingerprint density at radius 1 is 1.29 bits per heavy atom. The second kappa shape index (κ2) is 5.39. The number of aliphatic hydroxyl groups excluding tert-OH is 1. The van der Waals surface area contributed by atoms with Crippen LogP contribution in [-0.4, -0.2) is 14.9 Å². The van der Waals surface area contributed by atoms with Crippen molar-refractivity contribution in [3.05, 3.63) is 58.7 Å². The maximum absolute atomic E-state index is 10.4. The van der Waals surface area contributed by atoms with Gasteiger partial charge >= 0.3 is 0 Å². The van der Waals surface area contributed by atoms with Crippen LogP contribution in [0.1, 0.15) is 17.4 Å². The molecular formula is C16H16ClN3O. The lowest BCUT2D eigenvalue weighted by molar-refractivity contribution is 0.178. The Bertz CT molecular complexity index is 797. The van der Waals surface area contributed by atoms with Gasteiger partial charge in [-0.15, -0.1) is 0 Å². The Morgan fingerprint density at radius 2 is 2.05 bits per heavy atom. The summed E-state index contributed by atoms with van der Waals surface area (Å²) in [5, 5.41) is 16.5. The minimum absolute atomic E-state index is 0.410. The largest absolute Gasteiger partial charge is 0.398 e. The van der Waals surface area contributed by atoms with Crippen LogP contribution < -0.4 is 5.73 Å². The molecule has 108 valence electrons. The number of halogens is 1. The molecule has 0 spiro atoms. The summed E-state index contributed by atoms with van der Waals surface area (Å²) in [6.07, 6.45) is -0.298. The van der Waals surface area contributed by atoms with Gasteiger partial charge in [0.25, 0.3) is 0 Å². The Kier molecular flexibility index (Phi) is 3.57. The second-order valence-corrected chi connectivity index (χ2v) is 5.52. The highest BCUT2D eigenvalue weighted by Gasteiger charge is 2.16. The number of nitrogens with two attached hydrogens (primary N) is 1. The standard InChI is InChI=1S/C16H16ClN3O/c1-20-15-5-3-2-4-12(15)14(19-20)9-16(21)11-7-6-10(17)8-13(11)18/h2-8,16,21H,9,18H2,1H3. The number of para-hydroxylation sites is 1. The van der Waals surface area contributed by atoms with Crippen LogP contribution in [0, 0.1) is 0 Å². The summed E-state index contributed by atoms with van der Waals surface area (Å²) in [5.74, 6) is 0. The van der Waals surface area contributed by atoms with Crippen molar-refractivity contribution < 1.29 is 5.11 Å². The summed E-state index contributed by atoms with van der Waals surface area (Å²) in [7, 11) is 1.90. The molecule has 1 heterocycles. The van der Waals surface area contributed by atoms with Crippen molar-refractivity contribution in [3.63, 3.8) is 0 Å². The van der Waals surface area contributed by atoms with E-state index in [4.69, 9.17) is 17.3 Å². The molecule has 3 rings (SSSR count). The number of aryl methyl sites for hydroxylation is 1. The van der Waals surface area contributed by atoms with E-state index in [9.17, 15) is 5.11 Å². The molecule has 0 bridgehead atoms. The summed E-state index contributed by atoms with van der Waals surface area (Å²) in [4.78, 5) is 0. The Balaban J connectivity index is 1.94. The molecular weight excluding hydrogens is 286 g/mol. The van der Waals surface area contributed by atoms with E-state index in [1.807, 2.05) is 36.0 Å². The highest BCUT2D eigenvalue weighted by atomic mass is 35.5. The normalized spacial score (nSPS) is 12.7. The summed E-state index contributed by atoms with van der Waals surface area (Å²) in [6, 6.07) is 13.1. The first kappa shape index (κ1) is 13.9. The average Bonchev–Trinajstić information content (AvgIpc) is 2.76. The van der Waals surface area contributed by atoms with Crippen molar-refractivity contribution in [1.29, 1.82) is 0 Å². The maximum atomic E-state index is 10.4. The molecule has 1 atom stereocenters. The fourth-order valence-corrected chi connectivity index (χ4v) is 2.76. The molecule has 0 saturated heterocycles. The number of aromatic nitrogens is 2. The van der Waals surface area contributed by atoms with Crippen LogP contribution in [0.15, 0.2) is 42.5 Å². The predicted octanol–water partition coefficient (Wildman–Crippen LogP) is 3.09. The first-order chi connectivity index (χ1) is 10.1. The molecule has 0 fully saturated rings. The molecule has 21 heavy (non-hydrogen) atoms. The third-order valence-electron chi connectivity index (χ3n) is 3.63. The highest BCUT2D eigenvalue weighted by Crippen LogP contribution is 2.28. The monoisotopic (exact) mass is 301 g/mol. The van der Waals surface area contributed by atoms with Gasteiger partial charge in [0.05, 0.1) is 17.3 Å². The fourth-order valence-electron chi connectivity index (χ4n) is 2.58. The van der Waals surface area contributed by atoms with Gasteiger partial charge < -0.3 is 10.8 Å². The van der Waals surface area contributed by atoms with Crippen LogP contribution in [0.2, 0.25) is 5.02 Å². The van der Waals surface area contributed by atoms with Gasteiger partial charge in [-0.3, -0.25) is 4.68 Å². The van der Waals surface area contributed by atoms with Crippen LogP contribution in [0.3, 0.4) is 0 Å². The zero-order valence-electron chi connectivity index (χ0n) is 11.6. The Morgan fingerprint density at radius 3 is 2.81 bits per heavy atom. The number of benzene rings is 2. The van der Waals surface area contributed by atoms with Gasteiger partial charge in [-0.1, -0.05) is 35.9 Å². The van der Waals surface area contributed by atoms with Gasteiger partial charge in [0.1, 0.15) is 0 Å². The molecule has 1 unspecified atom stereocenters. The minimum atomic E-state index is -0.708. The van der Waals surface area contributed by atoms with Crippen LogP contribution >= 0.6 is 11.6 Å². The maximum Gasteiger partial charge on any atom is 0.0866 e. The molecule has 3 N–H and O–H groups in total. The molecule has 5 heteroatoms. The van der Waals surface area contributed by atoms with E-state index in [2.05, 4.69) is 5.10 Å². The lowest BCUT2D eigenvalue weighted by Crippen LogP contribution is -2.06. The van der Waals surface area contributed by atoms with Gasteiger partial charge in [0, 0.05) is 35.1 Å². The molecule has 0 amide bonds. The summed E-state index contributed by atoms with van der Waals surface area (Å²) < 4.78 is 1.82. The molecule has 2 aromatic carbocycles. The third kappa shape index (κ3) is 2.60. The third-order valence-corrected chi connectivity index (χ3v) is 3.86. The molecule has 0 radical (unpaired) electrons. The molecule has 4 nitrogen and oxygen atoms in total. The van der Waals surface area contributed by atoms with Crippen LogP contribution in [0.5, 0.6) is 0 Å². The fraction of sp³-hybridized carbons (Fsp3) is 0.188. The SMILES string of the molecule is Cn1nc(CC(O)c2ccc(Cl)cc2N)c2ccccc21. The minimum Gasteiger partial charge on any atom is -0.398 e. The van der Waals surface area contributed by atoms with Crippen LogP contribution in [0.25, 0.3) is 10.9 Å². The van der Waals surface area contributed by atoms with Crippen molar-refractivity contribution in [2.24, 2.45) is 7.05 Å². The number of aliphatic hydroxyl groups is 1. The summed E-state index contributed by atoms with van der Waals surface area (Å²) in [5.41, 5.74) is 9.00. The zero-order chi connectivity index (χ0) is 15.0. The van der Waals surface area contributed by atoms with Crippen molar-refractivity contribution in [1.82, 2.24) is 9.78 Å². The van der Waals surface area contributed by atoms with E-state index in [0.717, 1.165) is 16.6 Å². The van der Waals surface area contributed by atoms with E-state index in [1.54, 1.807) is 18.2 Å². The first-order valence-electron chi connectivity index (χ1n) is 6.70. The number of nitrogen functional groups attached to an aromatic ring is 1. The van der Waals surface area contributed by atoms with E-state index in [0.29, 0.717) is 22.7 Å². The van der Waals surface area contributed by atoms with Crippen LogP contribution in [0.4, 0.5) is 5.69 Å².